The Morgan fingerprint density at radius 1 is 1.14 bits per heavy atom. The van der Waals surface area contributed by atoms with Crippen molar-refractivity contribution in [2.24, 2.45) is 0 Å². The molecular formula is C22H21NO5. The van der Waals surface area contributed by atoms with E-state index >= 15 is 0 Å². The first-order valence-corrected chi connectivity index (χ1v) is 9.30. The summed E-state index contributed by atoms with van der Waals surface area (Å²) >= 11 is 0. The molecule has 2 N–H and O–H groups in total. The molecule has 0 radical (unpaired) electrons. The molecular weight excluding hydrogens is 358 g/mol. The number of amides is 1. The van der Waals surface area contributed by atoms with Crippen LogP contribution in [0, 0.1) is 0 Å². The second kappa shape index (κ2) is 7.76. The number of benzene rings is 2. The van der Waals surface area contributed by atoms with Crippen LogP contribution in [0.15, 0.2) is 47.1 Å². The molecule has 4 rings (SSSR count). The van der Waals surface area contributed by atoms with E-state index in [4.69, 9.17) is 14.3 Å². The molecule has 6 heteroatoms. The number of fused-ring (bicyclic) bond motifs is 2. The quantitative estimate of drug-likeness (QED) is 0.658. The molecule has 1 amide bonds. The van der Waals surface area contributed by atoms with Crippen LogP contribution in [-0.2, 0) is 35.4 Å². The Labute approximate surface area is 162 Å². The lowest BCUT2D eigenvalue weighted by Gasteiger charge is -2.08. The summed E-state index contributed by atoms with van der Waals surface area (Å²) in [6, 6.07) is 11.3. The van der Waals surface area contributed by atoms with Gasteiger partial charge < -0.3 is 19.6 Å². The zero-order valence-electron chi connectivity index (χ0n) is 15.4. The van der Waals surface area contributed by atoms with Crippen LogP contribution in [0.2, 0.25) is 0 Å². The third-order valence-corrected chi connectivity index (χ3v) is 4.97. The maximum atomic E-state index is 12.4. The number of hydrogen-bond acceptors (Lipinski definition) is 4. The van der Waals surface area contributed by atoms with Crippen molar-refractivity contribution in [2.45, 2.75) is 32.2 Å². The molecule has 1 aromatic heterocycles. The molecule has 28 heavy (non-hydrogen) atoms. The molecule has 0 atom stereocenters. The maximum absolute atomic E-state index is 12.4. The maximum Gasteiger partial charge on any atom is 0.341 e. The van der Waals surface area contributed by atoms with Gasteiger partial charge in [-0.15, -0.1) is 0 Å². The van der Waals surface area contributed by atoms with E-state index in [2.05, 4.69) is 17.4 Å². The number of carbonyl (C=O) groups excluding carboxylic acids is 1. The van der Waals surface area contributed by atoms with Crippen molar-refractivity contribution in [3.8, 4) is 5.75 Å². The van der Waals surface area contributed by atoms with Gasteiger partial charge in [0.2, 0.25) is 5.91 Å². The van der Waals surface area contributed by atoms with Crippen LogP contribution in [0.1, 0.15) is 28.7 Å². The van der Waals surface area contributed by atoms with Crippen LogP contribution in [0.25, 0.3) is 11.0 Å². The van der Waals surface area contributed by atoms with Crippen molar-refractivity contribution in [3.63, 3.8) is 0 Å². The van der Waals surface area contributed by atoms with Gasteiger partial charge in [-0.1, -0.05) is 12.1 Å². The minimum atomic E-state index is -1.03. The summed E-state index contributed by atoms with van der Waals surface area (Å²) in [5.41, 5.74) is 5.27. The van der Waals surface area contributed by atoms with Crippen molar-refractivity contribution in [3.05, 3.63) is 64.9 Å². The fraction of sp³-hybridized carbons (Fsp3) is 0.273. The van der Waals surface area contributed by atoms with Gasteiger partial charge in [0, 0.05) is 17.5 Å². The summed E-state index contributed by atoms with van der Waals surface area (Å²) < 4.78 is 10.8. The van der Waals surface area contributed by atoms with Crippen LogP contribution >= 0.6 is 0 Å². The number of carbonyl (C=O) groups is 2. The lowest BCUT2D eigenvalue weighted by Crippen LogP contribution is -2.24. The summed E-state index contributed by atoms with van der Waals surface area (Å²) in [4.78, 5) is 23.0. The van der Waals surface area contributed by atoms with E-state index in [9.17, 15) is 9.59 Å². The van der Waals surface area contributed by atoms with E-state index in [0.717, 1.165) is 34.9 Å². The number of carboxylic acid groups (broad SMARTS) is 1. The van der Waals surface area contributed by atoms with Gasteiger partial charge in [0.25, 0.3) is 0 Å². The molecule has 0 spiro atoms. The van der Waals surface area contributed by atoms with Crippen molar-refractivity contribution in [2.75, 3.05) is 6.61 Å². The summed E-state index contributed by atoms with van der Waals surface area (Å²) in [6.45, 7) is -0.0542. The van der Waals surface area contributed by atoms with Crippen LogP contribution in [0.4, 0.5) is 0 Å². The summed E-state index contributed by atoms with van der Waals surface area (Å²) in [7, 11) is 0. The van der Waals surface area contributed by atoms with Crippen molar-refractivity contribution >= 4 is 22.8 Å². The van der Waals surface area contributed by atoms with Crippen LogP contribution in [0.3, 0.4) is 0 Å². The molecule has 0 bridgehead atoms. The minimum absolute atomic E-state index is 0.0972. The molecule has 0 saturated heterocycles. The highest BCUT2D eigenvalue weighted by Crippen LogP contribution is 2.30. The standard InChI is InChI=1S/C22H21NO5/c24-21(23-11-14-3-1-6-18(7-14)27-13-22(25)26)10-17-12-28-20-9-16-5-2-4-15(16)8-19(17)20/h1,3,6-9,12H,2,4-5,10-11,13H2,(H,23,24)(H,25,26). The predicted molar refractivity (Wildman–Crippen MR) is 103 cm³/mol. The first kappa shape index (κ1) is 18.1. The Kier molecular flexibility index (Phi) is 5.02. The molecule has 2 aromatic carbocycles. The number of ether oxygens (including phenoxy) is 1. The SMILES string of the molecule is O=C(O)COc1cccc(CNC(=O)Cc2coc3cc4c(cc23)CCC4)c1. The average molecular weight is 379 g/mol. The number of rotatable bonds is 7. The number of aliphatic carboxylic acids is 1. The highest BCUT2D eigenvalue weighted by atomic mass is 16.5. The van der Waals surface area contributed by atoms with Crippen LogP contribution in [0.5, 0.6) is 5.75 Å². The average Bonchev–Trinajstić information content (AvgIpc) is 3.30. The Balaban J connectivity index is 1.38. The lowest BCUT2D eigenvalue weighted by molar-refractivity contribution is -0.139. The number of nitrogens with one attached hydrogen (secondary N) is 1. The number of aryl methyl sites for hydroxylation is 2. The lowest BCUT2D eigenvalue weighted by atomic mass is 10.0. The third-order valence-electron chi connectivity index (χ3n) is 4.97. The summed E-state index contributed by atoms with van der Waals surface area (Å²) in [5.74, 6) is -0.666. The van der Waals surface area contributed by atoms with Crippen LogP contribution < -0.4 is 10.1 Å². The number of carboxylic acids is 1. The van der Waals surface area contributed by atoms with Gasteiger partial charge in [0.15, 0.2) is 6.61 Å². The van der Waals surface area contributed by atoms with Gasteiger partial charge in [-0.25, -0.2) is 4.79 Å². The van der Waals surface area contributed by atoms with Gasteiger partial charge in [0.05, 0.1) is 12.7 Å². The van der Waals surface area contributed by atoms with Crippen LogP contribution in [-0.4, -0.2) is 23.6 Å². The molecule has 0 aliphatic heterocycles. The van der Waals surface area contributed by atoms with E-state index in [-0.39, 0.29) is 12.3 Å². The molecule has 1 heterocycles. The van der Waals surface area contributed by atoms with Gasteiger partial charge in [-0.05, 0) is 60.2 Å². The first-order chi connectivity index (χ1) is 13.6. The molecule has 1 aliphatic rings. The van der Waals surface area contributed by atoms with E-state index in [1.807, 2.05) is 6.07 Å². The molecule has 144 valence electrons. The minimum Gasteiger partial charge on any atom is -0.482 e. The van der Waals surface area contributed by atoms with Gasteiger partial charge in [-0.2, -0.15) is 0 Å². The fourth-order valence-corrected chi connectivity index (χ4v) is 3.61. The van der Waals surface area contributed by atoms with E-state index in [1.165, 1.54) is 17.5 Å². The smallest absolute Gasteiger partial charge is 0.341 e. The van der Waals surface area contributed by atoms with Gasteiger partial charge >= 0.3 is 5.97 Å². The second-order valence-corrected chi connectivity index (χ2v) is 7.01. The zero-order valence-corrected chi connectivity index (χ0v) is 15.4. The Bertz CT molecular complexity index is 1040. The Morgan fingerprint density at radius 2 is 1.96 bits per heavy atom. The first-order valence-electron chi connectivity index (χ1n) is 9.30. The molecule has 0 fully saturated rings. The molecule has 6 nitrogen and oxygen atoms in total. The fourth-order valence-electron chi connectivity index (χ4n) is 3.61. The van der Waals surface area contributed by atoms with E-state index < -0.39 is 12.6 Å². The third kappa shape index (κ3) is 4.01. The Hall–Kier alpha value is -3.28. The molecule has 0 unspecified atom stereocenters. The predicted octanol–water partition coefficient (Wildman–Crippen LogP) is 3.24. The topological polar surface area (TPSA) is 88.8 Å². The Morgan fingerprint density at radius 3 is 2.79 bits per heavy atom. The van der Waals surface area contributed by atoms with Crippen molar-refractivity contribution in [1.29, 1.82) is 0 Å². The highest BCUT2D eigenvalue weighted by molar-refractivity contribution is 5.88. The monoisotopic (exact) mass is 379 g/mol. The van der Waals surface area contributed by atoms with Gasteiger partial charge in [0.1, 0.15) is 11.3 Å². The molecule has 1 aliphatic carbocycles. The summed E-state index contributed by atoms with van der Waals surface area (Å²) in [6.07, 6.45) is 5.27. The molecule has 3 aromatic rings. The number of hydrogen-bond donors (Lipinski definition) is 2. The number of furan rings is 1. The largest absolute Gasteiger partial charge is 0.482 e. The van der Waals surface area contributed by atoms with Gasteiger partial charge in [-0.3, -0.25) is 4.79 Å². The van der Waals surface area contributed by atoms with E-state index in [1.54, 1.807) is 24.5 Å². The zero-order chi connectivity index (χ0) is 19.5. The van der Waals surface area contributed by atoms with Crippen molar-refractivity contribution in [1.82, 2.24) is 5.32 Å². The van der Waals surface area contributed by atoms with E-state index in [0.29, 0.717) is 12.3 Å². The normalized spacial score (nSPS) is 12.7. The second-order valence-electron chi connectivity index (χ2n) is 7.01. The molecule has 0 saturated carbocycles. The summed E-state index contributed by atoms with van der Waals surface area (Å²) in [5, 5.41) is 12.6. The van der Waals surface area contributed by atoms with Crippen molar-refractivity contribution < 1.29 is 23.8 Å². The highest BCUT2D eigenvalue weighted by Gasteiger charge is 2.16.